The number of carboxylic acid groups (broad SMARTS) is 1. The van der Waals surface area contributed by atoms with Crippen molar-refractivity contribution in [2.75, 3.05) is 0 Å². The second-order valence-corrected chi connectivity index (χ2v) is 4.95. The van der Waals surface area contributed by atoms with Crippen molar-refractivity contribution in [3.05, 3.63) is 52.3 Å². The number of carboxylic acids is 1. The number of aromatic nitrogens is 3. The highest BCUT2D eigenvalue weighted by Crippen LogP contribution is 2.27. The Bertz CT molecular complexity index is 809. The molecule has 3 aromatic rings. The first-order chi connectivity index (χ1) is 9.54. The van der Waals surface area contributed by atoms with Crippen molar-refractivity contribution < 1.29 is 9.90 Å². The van der Waals surface area contributed by atoms with Crippen LogP contribution in [0, 0.1) is 0 Å². The first-order valence-electron chi connectivity index (χ1n) is 5.57. The van der Waals surface area contributed by atoms with Gasteiger partial charge in [0.05, 0.1) is 11.7 Å². The second-order valence-electron chi connectivity index (χ2n) is 4.08. The fourth-order valence-electron chi connectivity index (χ4n) is 1.92. The van der Waals surface area contributed by atoms with Crippen molar-refractivity contribution in [3.63, 3.8) is 0 Å². The summed E-state index contributed by atoms with van der Waals surface area (Å²) in [6.07, 6.45) is 1.56. The molecule has 0 aliphatic rings. The van der Waals surface area contributed by atoms with Gasteiger partial charge in [-0.2, -0.15) is 5.10 Å². The minimum atomic E-state index is -1.36. The van der Waals surface area contributed by atoms with Gasteiger partial charge in [-0.15, -0.1) is 0 Å². The number of carbonyl (C=O) groups excluding carboxylic acids is 1. The first kappa shape index (κ1) is 12.9. The number of hydrogen-bond donors (Lipinski definition) is 0. The lowest BCUT2D eigenvalue weighted by atomic mass is 10.1. The maximum absolute atomic E-state index is 10.9. The minimum absolute atomic E-state index is 0.182. The molecule has 7 heteroatoms. The predicted octanol–water partition coefficient (Wildman–Crippen LogP) is 2.07. The molecule has 0 bridgehead atoms. The van der Waals surface area contributed by atoms with E-state index in [4.69, 9.17) is 23.2 Å². The third-order valence-electron chi connectivity index (χ3n) is 2.73. The van der Waals surface area contributed by atoms with Crippen LogP contribution in [-0.4, -0.2) is 20.6 Å². The van der Waals surface area contributed by atoms with Gasteiger partial charge in [0.1, 0.15) is 5.69 Å². The van der Waals surface area contributed by atoms with E-state index < -0.39 is 5.97 Å². The van der Waals surface area contributed by atoms with Crippen molar-refractivity contribution >= 4 is 34.8 Å². The second kappa shape index (κ2) is 4.77. The molecular weight excluding hydrogens is 301 g/mol. The summed E-state index contributed by atoms with van der Waals surface area (Å²) < 4.78 is 1.41. The largest absolute Gasteiger partial charge is 0.543 e. The van der Waals surface area contributed by atoms with E-state index in [9.17, 15) is 9.90 Å². The third kappa shape index (κ3) is 2.21. The van der Waals surface area contributed by atoms with Crippen LogP contribution >= 0.6 is 23.2 Å². The van der Waals surface area contributed by atoms with E-state index in [1.807, 2.05) is 0 Å². The predicted molar refractivity (Wildman–Crippen MR) is 72.8 cm³/mol. The number of rotatable bonds is 2. The van der Waals surface area contributed by atoms with E-state index in [1.165, 1.54) is 10.6 Å². The van der Waals surface area contributed by atoms with Gasteiger partial charge in [-0.1, -0.05) is 23.2 Å². The first-order valence-corrected chi connectivity index (χ1v) is 6.33. The molecule has 100 valence electrons. The third-order valence-corrected chi connectivity index (χ3v) is 3.16. The van der Waals surface area contributed by atoms with Gasteiger partial charge < -0.3 is 9.90 Å². The summed E-state index contributed by atoms with van der Waals surface area (Å²) in [5.74, 6) is -1.36. The minimum Gasteiger partial charge on any atom is -0.543 e. The molecule has 0 unspecified atom stereocenters. The van der Waals surface area contributed by atoms with Gasteiger partial charge in [-0.3, -0.25) is 0 Å². The van der Waals surface area contributed by atoms with Gasteiger partial charge in [0.25, 0.3) is 0 Å². The van der Waals surface area contributed by atoms with Gasteiger partial charge in [-0.05, 0) is 24.3 Å². The Morgan fingerprint density at radius 2 is 1.85 bits per heavy atom. The van der Waals surface area contributed by atoms with Crippen LogP contribution in [0.1, 0.15) is 10.5 Å². The van der Waals surface area contributed by atoms with Gasteiger partial charge in [0.2, 0.25) is 0 Å². The van der Waals surface area contributed by atoms with E-state index in [-0.39, 0.29) is 5.69 Å². The van der Waals surface area contributed by atoms with Crippen LogP contribution in [0.2, 0.25) is 10.0 Å². The average molecular weight is 307 g/mol. The molecule has 1 aromatic carbocycles. The molecule has 2 heterocycles. The SMILES string of the molecule is O=C([O-])c1cc2nccc(-c3cc(Cl)cc(Cl)c3)n2n1. The van der Waals surface area contributed by atoms with Crippen molar-refractivity contribution in [3.8, 4) is 11.3 Å². The summed E-state index contributed by atoms with van der Waals surface area (Å²) in [6, 6.07) is 8.07. The molecule has 0 spiro atoms. The van der Waals surface area contributed by atoms with Crippen LogP contribution in [-0.2, 0) is 0 Å². The maximum atomic E-state index is 10.9. The molecule has 0 atom stereocenters. The molecule has 0 aliphatic heterocycles. The summed E-state index contributed by atoms with van der Waals surface area (Å²) in [4.78, 5) is 14.9. The fourth-order valence-corrected chi connectivity index (χ4v) is 2.44. The number of halogens is 2. The molecular formula is C13H6Cl2N3O2-. The number of aromatic carboxylic acids is 1. The summed E-state index contributed by atoms with van der Waals surface area (Å²) in [7, 11) is 0. The molecule has 3 rings (SSSR count). The zero-order valence-corrected chi connectivity index (χ0v) is 11.4. The highest BCUT2D eigenvalue weighted by Gasteiger charge is 2.10. The van der Waals surface area contributed by atoms with Crippen LogP contribution in [0.3, 0.4) is 0 Å². The van der Waals surface area contributed by atoms with Crippen molar-refractivity contribution in [2.24, 2.45) is 0 Å². The summed E-state index contributed by atoms with van der Waals surface area (Å²) in [6.45, 7) is 0. The van der Waals surface area contributed by atoms with Crippen LogP contribution < -0.4 is 5.11 Å². The fraction of sp³-hybridized carbons (Fsp3) is 0. The van der Waals surface area contributed by atoms with Crippen molar-refractivity contribution in [2.45, 2.75) is 0 Å². The normalized spacial score (nSPS) is 10.9. The van der Waals surface area contributed by atoms with Crippen molar-refractivity contribution in [1.29, 1.82) is 0 Å². The molecule has 0 radical (unpaired) electrons. The smallest absolute Gasteiger partial charge is 0.156 e. The Hall–Kier alpha value is -2.11. The number of benzene rings is 1. The van der Waals surface area contributed by atoms with E-state index >= 15 is 0 Å². The Morgan fingerprint density at radius 1 is 1.15 bits per heavy atom. The molecule has 0 fully saturated rings. The van der Waals surface area contributed by atoms with E-state index in [2.05, 4.69) is 10.1 Å². The topological polar surface area (TPSA) is 70.3 Å². The zero-order chi connectivity index (χ0) is 14.3. The average Bonchev–Trinajstić information content (AvgIpc) is 2.81. The highest BCUT2D eigenvalue weighted by molar-refractivity contribution is 6.35. The zero-order valence-electron chi connectivity index (χ0n) is 9.88. The Kier molecular flexibility index (Phi) is 3.08. The van der Waals surface area contributed by atoms with Crippen LogP contribution in [0.5, 0.6) is 0 Å². The molecule has 20 heavy (non-hydrogen) atoms. The standard InChI is InChI=1S/C13H7Cl2N3O2/c14-8-3-7(4-9(15)5-8)11-1-2-16-12-6-10(13(19)20)17-18(11)12/h1-6H,(H,19,20)/p-1. The number of hydrogen-bond acceptors (Lipinski definition) is 4. The summed E-state index contributed by atoms with van der Waals surface area (Å²) in [5, 5.41) is 15.8. The van der Waals surface area contributed by atoms with Gasteiger partial charge >= 0.3 is 0 Å². The lowest BCUT2D eigenvalue weighted by Gasteiger charge is -2.05. The molecule has 0 saturated heterocycles. The molecule has 2 aromatic heterocycles. The molecule has 5 nitrogen and oxygen atoms in total. The summed E-state index contributed by atoms with van der Waals surface area (Å²) in [5.41, 5.74) is 1.56. The lowest BCUT2D eigenvalue weighted by molar-refractivity contribution is -0.255. The van der Waals surface area contributed by atoms with E-state index in [1.54, 1.807) is 30.5 Å². The molecule has 0 N–H and O–H groups in total. The Balaban J connectivity index is 2.27. The summed E-state index contributed by atoms with van der Waals surface area (Å²) >= 11 is 11.9. The van der Waals surface area contributed by atoms with Crippen LogP contribution in [0.4, 0.5) is 0 Å². The maximum Gasteiger partial charge on any atom is 0.156 e. The highest BCUT2D eigenvalue weighted by atomic mass is 35.5. The van der Waals surface area contributed by atoms with Crippen molar-refractivity contribution in [1.82, 2.24) is 14.6 Å². The quantitative estimate of drug-likeness (QED) is 0.726. The molecule has 0 saturated carbocycles. The Labute approximate surface area is 123 Å². The monoisotopic (exact) mass is 306 g/mol. The molecule has 0 aliphatic carbocycles. The van der Waals surface area contributed by atoms with E-state index in [0.29, 0.717) is 26.9 Å². The van der Waals surface area contributed by atoms with Gasteiger partial charge in [0, 0.05) is 27.9 Å². The van der Waals surface area contributed by atoms with Crippen LogP contribution in [0.25, 0.3) is 16.9 Å². The van der Waals surface area contributed by atoms with Gasteiger partial charge in [-0.25, -0.2) is 9.50 Å². The number of nitrogens with zero attached hydrogens (tertiary/aromatic N) is 3. The Morgan fingerprint density at radius 3 is 2.50 bits per heavy atom. The van der Waals surface area contributed by atoms with Crippen LogP contribution in [0.15, 0.2) is 36.5 Å². The number of fused-ring (bicyclic) bond motifs is 1. The van der Waals surface area contributed by atoms with Gasteiger partial charge in [0.15, 0.2) is 5.65 Å². The molecule has 0 amide bonds. The lowest BCUT2D eigenvalue weighted by Crippen LogP contribution is -2.22. The van der Waals surface area contributed by atoms with E-state index in [0.717, 1.165) is 0 Å². The number of carbonyl (C=O) groups is 1.